The molecule has 0 bridgehead atoms. The molecule has 0 unspecified atom stereocenters. The molecule has 0 saturated heterocycles. The summed E-state index contributed by atoms with van der Waals surface area (Å²) in [5.41, 5.74) is 3.40. The van der Waals surface area contributed by atoms with Crippen LogP contribution in [0.3, 0.4) is 0 Å². The van der Waals surface area contributed by atoms with Crippen LogP contribution in [0.1, 0.15) is 35.0 Å². The largest absolute Gasteiger partial charge is 0.478 e. The number of hydrogen-bond donors (Lipinski definition) is 1. The van der Waals surface area contributed by atoms with Crippen LogP contribution in [0.4, 0.5) is 5.82 Å². The SMILES string of the molecule is C=C(C)CN(C)c1nc2c(cc1C(=O)O)CCC2. The van der Waals surface area contributed by atoms with Gasteiger partial charge >= 0.3 is 5.97 Å². The number of nitrogens with zero attached hydrogens (tertiary/aromatic N) is 2. The Morgan fingerprint density at radius 3 is 2.89 bits per heavy atom. The Hall–Kier alpha value is -1.84. The molecule has 2 rings (SSSR count). The third kappa shape index (κ3) is 2.37. The molecule has 1 heterocycles. The van der Waals surface area contributed by atoms with Gasteiger partial charge in [0, 0.05) is 19.3 Å². The van der Waals surface area contributed by atoms with E-state index in [1.54, 1.807) is 6.07 Å². The van der Waals surface area contributed by atoms with Crippen LogP contribution in [0.15, 0.2) is 18.2 Å². The second-order valence-corrected chi connectivity index (χ2v) is 4.94. The number of aromatic carboxylic acids is 1. The molecule has 0 amide bonds. The number of carboxylic acid groups (broad SMARTS) is 1. The Labute approximate surface area is 107 Å². The highest BCUT2D eigenvalue weighted by atomic mass is 16.4. The first-order valence-electron chi connectivity index (χ1n) is 6.10. The van der Waals surface area contributed by atoms with E-state index in [2.05, 4.69) is 11.6 Å². The van der Waals surface area contributed by atoms with Gasteiger partial charge in [-0.15, -0.1) is 0 Å². The van der Waals surface area contributed by atoms with E-state index in [1.807, 2.05) is 18.9 Å². The van der Waals surface area contributed by atoms with Gasteiger partial charge in [0.25, 0.3) is 0 Å². The van der Waals surface area contributed by atoms with E-state index in [4.69, 9.17) is 0 Å². The minimum Gasteiger partial charge on any atom is -0.478 e. The Morgan fingerprint density at radius 1 is 1.56 bits per heavy atom. The molecule has 0 saturated carbocycles. The molecule has 1 N–H and O–H groups in total. The predicted octanol–water partition coefficient (Wildman–Crippen LogP) is 2.28. The molecule has 0 spiro atoms. The molecule has 1 aromatic rings. The first kappa shape index (κ1) is 12.6. The highest BCUT2D eigenvalue weighted by Gasteiger charge is 2.21. The maximum atomic E-state index is 11.3. The molecule has 18 heavy (non-hydrogen) atoms. The molecule has 1 aromatic heterocycles. The zero-order valence-corrected chi connectivity index (χ0v) is 10.9. The monoisotopic (exact) mass is 246 g/mol. The van der Waals surface area contributed by atoms with Crippen molar-refractivity contribution in [3.8, 4) is 0 Å². The number of rotatable bonds is 4. The smallest absolute Gasteiger partial charge is 0.339 e. The Morgan fingerprint density at radius 2 is 2.28 bits per heavy atom. The van der Waals surface area contributed by atoms with Crippen molar-refractivity contribution in [1.29, 1.82) is 0 Å². The van der Waals surface area contributed by atoms with Crippen molar-refractivity contribution in [2.24, 2.45) is 0 Å². The topological polar surface area (TPSA) is 53.4 Å². The fourth-order valence-corrected chi connectivity index (χ4v) is 2.39. The molecular weight excluding hydrogens is 228 g/mol. The molecule has 96 valence electrons. The van der Waals surface area contributed by atoms with E-state index in [9.17, 15) is 9.90 Å². The number of aryl methyl sites for hydroxylation is 2. The summed E-state index contributed by atoms with van der Waals surface area (Å²) >= 11 is 0. The summed E-state index contributed by atoms with van der Waals surface area (Å²) in [6, 6.07) is 1.78. The summed E-state index contributed by atoms with van der Waals surface area (Å²) in [5, 5.41) is 9.29. The standard InChI is InChI=1S/C14H18N2O2/c1-9(2)8-16(3)13-11(14(17)18)7-10-5-4-6-12(10)15-13/h7H,1,4-6,8H2,2-3H3,(H,17,18). The highest BCUT2D eigenvalue weighted by molar-refractivity contribution is 5.93. The molecule has 0 radical (unpaired) electrons. The highest BCUT2D eigenvalue weighted by Crippen LogP contribution is 2.27. The molecule has 4 heteroatoms. The molecule has 1 aliphatic rings. The first-order valence-corrected chi connectivity index (χ1v) is 6.10. The Kier molecular flexibility index (Phi) is 3.36. The predicted molar refractivity (Wildman–Crippen MR) is 71.3 cm³/mol. The number of hydrogen-bond acceptors (Lipinski definition) is 3. The first-order chi connectivity index (χ1) is 8.49. The Balaban J connectivity index is 2.44. The van der Waals surface area contributed by atoms with Gasteiger partial charge in [-0.3, -0.25) is 0 Å². The van der Waals surface area contributed by atoms with Crippen LogP contribution in [0.25, 0.3) is 0 Å². The lowest BCUT2D eigenvalue weighted by atomic mass is 10.1. The van der Waals surface area contributed by atoms with E-state index in [-0.39, 0.29) is 0 Å². The Bertz CT molecular complexity index is 509. The zero-order valence-electron chi connectivity index (χ0n) is 10.9. The normalized spacial score (nSPS) is 13.2. The van der Waals surface area contributed by atoms with Gasteiger partial charge in [0.2, 0.25) is 0 Å². The van der Waals surface area contributed by atoms with Crippen LogP contribution in [-0.2, 0) is 12.8 Å². The maximum Gasteiger partial charge on any atom is 0.339 e. The fraction of sp³-hybridized carbons (Fsp3) is 0.429. The number of likely N-dealkylation sites (N-methyl/N-ethyl adjacent to an activating group) is 1. The lowest BCUT2D eigenvalue weighted by Gasteiger charge is -2.21. The molecule has 0 fully saturated rings. The molecular formula is C14H18N2O2. The molecule has 0 atom stereocenters. The quantitative estimate of drug-likeness (QED) is 0.828. The van der Waals surface area contributed by atoms with Crippen LogP contribution in [0.5, 0.6) is 0 Å². The zero-order chi connectivity index (χ0) is 13.3. The minimum atomic E-state index is -0.916. The van der Waals surface area contributed by atoms with Crippen LogP contribution in [-0.4, -0.2) is 29.7 Å². The number of fused-ring (bicyclic) bond motifs is 1. The van der Waals surface area contributed by atoms with Gasteiger partial charge in [-0.25, -0.2) is 9.78 Å². The molecule has 1 aliphatic carbocycles. The molecule has 0 aromatic carbocycles. The maximum absolute atomic E-state index is 11.3. The van der Waals surface area contributed by atoms with E-state index in [1.165, 1.54) is 0 Å². The van der Waals surface area contributed by atoms with Crippen molar-refractivity contribution in [3.63, 3.8) is 0 Å². The number of aromatic nitrogens is 1. The second-order valence-electron chi connectivity index (χ2n) is 4.94. The van der Waals surface area contributed by atoms with Gasteiger partial charge in [0.05, 0.1) is 0 Å². The van der Waals surface area contributed by atoms with E-state index >= 15 is 0 Å². The van der Waals surface area contributed by atoms with Crippen molar-refractivity contribution < 1.29 is 9.90 Å². The van der Waals surface area contributed by atoms with Gasteiger partial charge in [0.15, 0.2) is 0 Å². The lowest BCUT2D eigenvalue weighted by molar-refractivity contribution is 0.0697. The fourth-order valence-electron chi connectivity index (χ4n) is 2.39. The second kappa shape index (κ2) is 4.80. The lowest BCUT2D eigenvalue weighted by Crippen LogP contribution is -2.23. The van der Waals surface area contributed by atoms with Gasteiger partial charge < -0.3 is 10.0 Å². The van der Waals surface area contributed by atoms with E-state index in [0.29, 0.717) is 17.9 Å². The van der Waals surface area contributed by atoms with Crippen molar-refractivity contribution in [2.45, 2.75) is 26.2 Å². The van der Waals surface area contributed by atoms with Crippen LogP contribution >= 0.6 is 0 Å². The summed E-state index contributed by atoms with van der Waals surface area (Å²) in [6.45, 7) is 6.39. The van der Waals surface area contributed by atoms with Gasteiger partial charge in [-0.2, -0.15) is 0 Å². The average molecular weight is 246 g/mol. The summed E-state index contributed by atoms with van der Waals surface area (Å²) < 4.78 is 0. The van der Waals surface area contributed by atoms with Crippen molar-refractivity contribution in [3.05, 3.63) is 35.0 Å². The van der Waals surface area contributed by atoms with Crippen molar-refractivity contribution in [1.82, 2.24) is 4.98 Å². The van der Waals surface area contributed by atoms with Crippen molar-refractivity contribution in [2.75, 3.05) is 18.5 Å². The third-order valence-electron chi connectivity index (χ3n) is 3.13. The van der Waals surface area contributed by atoms with Gasteiger partial charge in [0.1, 0.15) is 11.4 Å². The molecule has 4 nitrogen and oxygen atoms in total. The number of anilines is 1. The molecule has 0 aliphatic heterocycles. The average Bonchev–Trinajstić information content (AvgIpc) is 2.72. The number of pyridine rings is 1. The summed E-state index contributed by atoms with van der Waals surface area (Å²) in [7, 11) is 1.85. The number of carboxylic acids is 1. The van der Waals surface area contributed by atoms with Crippen LogP contribution in [0, 0.1) is 0 Å². The van der Waals surface area contributed by atoms with E-state index < -0.39 is 5.97 Å². The van der Waals surface area contributed by atoms with Gasteiger partial charge in [-0.1, -0.05) is 12.2 Å². The van der Waals surface area contributed by atoms with Crippen molar-refractivity contribution >= 4 is 11.8 Å². The van der Waals surface area contributed by atoms with Crippen LogP contribution in [0.2, 0.25) is 0 Å². The third-order valence-corrected chi connectivity index (χ3v) is 3.13. The summed E-state index contributed by atoms with van der Waals surface area (Å²) in [4.78, 5) is 17.7. The van der Waals surface area contributed by atoms with Crippen LogP contribution < -0.4 is 4.90 Å². The van der Waals surface area contributed by atoms with Gasteiger partial charge in [-0.05, 0) is 37.8 Å². The minimum absolute atomic E-state index is 0.291. The summed E-state index contributed by atoms with van der Waals surface area (Å²) in [6.07, 6.45) is 2.95. The summed E-state index contributed by atoms with van der Waals surface area (Å²) in [5.74, 6) is -0.369. The van der Waals surface area contributed by atoms with E-state index in [0.717, 1.165) is 36.1 Å². The number of carbonyl (C=O) groups is 1.